The predicted molar refractivity (Wildman–Crippen MR) is 154 cm³/mol. The van der Waals surface area contributed by atoms with Crippen molar-refractivity contribution < 1.29 is 30.0 Å². The molecule has 0 aromatic carbocycles. The number of allylic oxidation sites excluding steroid dienone is 4. The van der Waals surface area contributed by atoms with Gasteiger partial charge in [0.15, 0.2) is 0 Å². The molecular weight excluding hydrogens is 480 g/mol. The molecule has 1 rings (SSSR count). The Labute approximate surface area is 230 Å². The number of hydrogen-bond acceptors (Lipinski definition) is 6. The standard InChI is InChI=1S/C32H52O6/c1-8-9-12-24(5)32-26(7)28(34)18-15-21(2)19-25(6)31(37)23(4)16-17-27(33)20-29(35)22(3)13-10-11-14-30(36)38-32/h8-14,16-17,21-29,31-35,37H,1,15,18-20H2,2-7H3/b12-9-,13-10+,14-11-,17-16-/t21-,22+,23+,24+,25+,26+,27?,28-,29+,31?,32+/m1/s1. The summed E-state index contributed by atoms with van der Waals surface area (Å²) in [4.78, 5) is 12.6. The maximum absolute atomic E-state index is 12.6. The first-order valence-electron chi connectivity index (χ1n) is 14.1. The molecule has 0 saturated carbocycles. The van der Waals surface area contributed by atoms with Crippen LogP contribution in [0.5, 0.6) is 0 Å². The fraction of sp³-hybridized carbons (Fsp3) is 0.656. The van der Waals surface area contributed by atoms with E-state index in [1.807, 2.05) is 52.8 Å². The van der Waals surface area contributed by atoms with Crippen LogP contribution in [0.25, 0.3) is 0 Å². The minimum atomic E-state index is -0.828. The van der Waals surface area contributed by atoms with Crippen LogP contribution in [0.15, 0.2) is 61.3 Å². The van der Waals surface area contributed by atoms with Crippen LogP contribution >= 0.6 is 0 Å². The number of rotatable bonds is 3. The van der Waals surface area contributed by atoms with E-state index in [1.54, 1.807) is 30.4 Å². The zero-order valence-corrected chi connectivity index (χ0v) is 24.2. The molecule has 11 atom stereocenters. The van der Waals surface area contributed by atoms with Gasteiger partial charge in [0.1, 0.15) is 6.10 Å². The van der Waals surface area contributed by atoms with Crippen LogP contribution in [-0.2, 0) is 9.53 Å². The van der Waals surface area contributed by atoms with Crippen molar-refractivity contribution >= 4 is 5.97 Å². The maximum Gasteiger partial charge on any atom is 0.331 e. The van der Waals surface area contributed by atoms with Gasteiger partial charge < -0.3 is 25.2 Å². The molecular formula is C32H52O6. The quantitative estimate of drug-likeness (QED) is 0.228. The highest BCUT2D eigenvalue weighted by Gasteiger charge is 2.31. The second kappa shape index (κ2) is 17.6. The summed E-state index contributed by atoms with van der Waals surface area (Å²) in [5.41, 5.74) is 0. The number of hydrogen-bond donors (Lipinski definition) is 4. The molecule has 0 spiro atoms. The minimum Gasteiger partial charge on any atom is -0.458 e. The van der Waals surface area contributed by atoms with Gasteiger partial charge in [-0.1, -0.05) is 96.7 Å². The molecule has 6 heteroatoms. The zero-order chi connectivity index (χ0) is 28.8. The van der Waals surface area contributed by atoms with E-state index in [0.29, 0.717) is 6.42 Å². The monoisotopic (exact) mass is 532 g/mol. The van der Waals surface area contributed by atoms with Gasteiger partial charge in [-0.25, -0.2) is 4.79 Å². The lowest BCUT2D eigenvalue weighted by Gasteiger charge is -2.31. The van der Waals surface area contributed by atoms with E-state index in [9.17, 15) is 25.2 Å². The highest BCUT2D eigenvalue weighted by molar-refractivity contribution is 5.82. The summed E-state index contributed by atoms with van der Waals surface area (Å²) in [7, 11) is 0. The molecule has 4 N–H and O–H groups in total. The molecule has 6 nitrogen and oxygen atoms in total. The van der Waals surface area contributed by atoms with Crippen molar-refractivity contribution in [2.24, 2.45) is 35.5 Å². The first-order valence-corrected chi connectivity index (χ1v) is 14.1. The number of esters is 1. The Bertz CT molecular complexity index is 815. The summed E-state index contributed by atoms with van der Waals surface area (Å²) in [5.74, 6) is -0.976. The van der Waals surface area contributed by atoms with E-state index < -0.39 is 36.5 Å². The van der Waals surface area contributed by atoms with Gasteiger partial charge in [-0.05, 0) is 31.1 Å². The molecule has 38 heavy (non-hydrogen) atoms. The Balaban J connectivity index is 3.17. The van der Waals surface area contributed by atoms with E-state index in [-0.39, 0.29) is 41.9 Å². The number of cyclic esters (lactones) is 1. The highest BCUT2D eigenvalue weighted by Crippen LogP contribution is 2.28. The molecule has 0 fully saturated rings. The van der Waals surface area contributed by atoms with Crippen molar-refractivity contribution in [3.05, 3.63) is 61.3 Å². The molecule has 0 aromatic heterocycles. The lowest BCUT2D eigenvalue weighted by atomic mass is 9.82. The van der Waals surface area contributed by atoms with Crippen molar-refractivity contribution in [1.29, 1.82) is 0 Å². The Morgan fingerprint density at radius 1 is 0.921 bits per heavy atom. The number of carbonyl (C=O) groups excluding carboxylic acids is 1. The van der Waals surface area contributed by atoms with Crippen LogP contribution in [0.2, 0.25) is 0 Å². The summed E-state index contributed by atoms with van der Waals surface area (Å²) < 4.78 is 5.81. The zero-order valence-electron chi connectivity index (χ0n) is 24.2. The Morgan fingerprint density at radius 3 is 2.26 bits per heavy atom. The third kappa shape index (κ3) is 12.2. The second-order valence-electron chi connectivity index (χ2n) is 11.4. The minimum absolute atomic E-state index is 0.0366. The smallest absolute Gasteiger partial charge is 0.331 e. The third-order valence-corrected chi connectivity index (χ3v) is 7.78. The average Bonchev–Trinajstić information content (AvgIpc) is 2.88. The number of aliphatic hydroxyl groups excluding tert-OH is 4. The van der Waals surface area contributed by atoms with Crippen molar-refractivity contribution in [2.75, 3.05) is 0 Å². The van der Waals surface area contributed by atoms with Crippen LogP contribution in [-0.4, -0.2) is 56.9 Å². The maximum atomic E-state index is 12.6. The summed E-state index contributed by atoms with van der Waals surface area (Å²) >= 11 is 0. The number of aliphatic hydroxyl groups is 4. The van der Waals surface area contributed by atoms with Crippen molar-refractivity contribution in [3.8, 4) is 0 Å². The van der Waals surface area contributed by atoms with E-state index in [4.69, 9.17) is 4.74 Å². The molecule has 0 bridgehead atoms. The van der Waals surface area contributed by atoms with Gasteiger partial charge in [0, 0.05) is 36.2 Å². The van der Waals surface area contributed by atoms with Crippen LogP contribution < -0.4 is 0 Å². The Hall–Kier alpha value is -1.99. The number of carbonyl (C=O) groups is 1. The summed E-state index contributed by atoms with van der Waals surface area (Å²) in [6.45, 7) is 15.5. The highest BCUT2D eigenvalue weighted by atomic mass is 16.5. The molecule has 1 aliphatic heterocycles. The first kappa shape index (κ1) is 34.0. The molecule has 0 aliphatic carbocycles. The summed E-state index contributed by atoms with van der Waals surface area (Å²) in [6.07, 6.45) is 14.2. The molecule has 0 amide bonds. The van der Waals surface area contributed by atoms with Crippen molar-refractivity contribution in [2.45, 2.75) is 97.7 Å². The lowest BCUT2D eigenvalue weighted by Crippen LogP contribution is -2.37. The molecule has 0 radical (unpaired) electrons. The number of ether oxygens (including phenoxy) is 1. The topological polar surface area (TPSA) is 107 Å². The normalized spacial score (nSPS) is 40.7. The Kier molecular flexibility index (Phi) is 15.7. The molecule has 1 aliphatic rings. The SMILES string of the molecule is C=C/C=C\[C@H](C)[C@@H]1OC(=O)/C=C\C=C\[C@H](C)[C@@H](O)CC(O)/C=C\[C@H](C)C(O)[C@@H](C)C[C@H](C)CC[C@@H](O)[C@@H]1C. The molecule has 2 unspecified atom stereocenters. The first-order chi connectivity index (χ1) is 17.9. The molecule has 0 saturated heterocycles. The molecule has 216 valence electrons. The fourth-order valence-corrected chi connectivity index (χ4v) is 5.04. The average molecular weight is 533 g/mol. The van der Waals surface area contributed by atoms with Crippen LogP contribution in [0.3, 0.4) is 0 Å². The predicted octanol–water partition coefficient (Wildman–Crippen LogP) is 5.14. The Morgan fingerprint density at radius 2 is 1.61 bits per heavy atom. The van der Waals surface area contributed by atoms with Gasteiger partial charge in [-0.15, -0.1) is 0 Å². The largest absolute Gasteiger partial charge is 0.458 e. The van der Waals surface area contributed by atoms with Crippen molar-refractivity contribution in [3.63, 3.8) is 0 Å². The van der Waals surface area contributed by atoms with Crippen LogP contribution in [0.1, 0.15) is 67.2 Å². The van der Waals surface area contributed by atoms with Crippen molar-refractivity contribution in [1.82, 2.24) is 0 Å². The van der Waals surface area contributed by atoms with Gasteiger partial charge in [-0.3, -0.25) is 0 Å². The van der Waals surface area contributed by atoms with E-state index in [1.165, 1.54) is 6.08 Å². The lowest BCUT2D eigenvalue weighted by molar-refractivity contribution is -0.150. The fourth-order valence-electron chi connectivity index (χ4n) is 5.04. The van der Waals surface area contributed by atoms with Gasteiger partial charge in [0.2, 0.25) is 0 Å². The van der Waals surface area contributed by atoms with E-state index >= 15 is 0 Å². The van der Waals surface area contributed by atoms with Gasteiger partial charge in [0.25, 0.3) is 0 Å². The second-order valence-corrected chi connectivity index (χ2v) is 11.4. The summed E-state index contributed by atoms with van der Waals surface area (Å²) in [5, 5.41) is 42.7. The van der Waals surface area contributed by atoms with Gasteiger partial charge >= 0.3 is 5.97 Å². The van der Waals surface area contributed by atoms with Crippen LogP contribution in [0.4, 0.5) is 0 Å². The van der Waals surface area contributed by atoms with Gasteiger partial charge in [0.05, 0.1) is 24.4 Å². The van der Waals surface area contributed by atoms with E-state index in [2.05, 4.69) is 13.5 Å². The molecule has 0 aromatic rings. The van der Waals surface area contributed by atoms with Gasteiger partial charge in [-0.2, -0.15) is 0 Å². The summed E-state index contributed by atoms with van der Waals surface area (Å²) in [6, 6.07) is 0. The van der Waals surface area contributed by atoms with Crippen LogP contribution in [0, 0.1) is 35.5 Å². The third-order valence-electron chi connectivity index (χ3n) is 7.78. The van der Waals surface area contributed by atoms with E-state index in [0.717, 1.165) is 12.8 Å². The molecule has 1 heterocycles.